The highest BCUT2D eigenvalue weighted by molar-refractivity contribution is 5.89. The van der Waals surface area contributed by atoms with E-state index in [4.69, 9.17) is 0 Å². The predicted octanol–water partition coefficient (Wildman–Crippen LogP) is 3.54. The molecule has 0 spiro atoms. The summed E-state index contributed by atoms with van der Waals surface area (Å²) in [6.07, 6.45) is 8.24. The third-order valence-corrected chi connectivity index (χ3v) is 4.46. The van der Waals surface area contributed by atoms with E-state index in [-0.39, 0.29) is 5.91 Å². The van der Waals surface area contributed by atoms with Crippen LogP contribution in [0.5, 0.6) is 0 Å². The minimum atomic E-state index is 0.0486. The predicted molar refractivity (Wildman–Crippen MR) is 111 cm³/mol. The third kappa shape index (κ3) is 5.76. The van der Waals surface area contributed by atoms with Crippen molar-refractivity contribution < 1.29 is 4.79 Å². The highest BCUT2D eigenvalue weighted by Crippen LogP contribution is 2.17. The van der Waals surface area contributed by atoms with E-state index in [9.17, 15) is 4.79 Å². The molecule has 0 aliphatic carbocycles. The Morgan fingerprint density at radius 1 is 1.11 bits per heavy atom. The normalized spacial score (nSPS) is 11.3. The standard InChI is InChI=1S/C23H25N3O/c1-26(15-6-9-19-7-3-2-4-8-19)16-14-25-23(27)17-20-10-5-11-21-18-24-13-12-22(20)21/h2-13,18H,14-17H2,1H3,(H,25,27)/b9-6+. The Bertz CT molecular complexity index is 900. The number of nitrogens with one attached hydrogen (secondary N) is 1. The number of hydrogen-bond acceptors (Lipinski definition) is 3. The monoisotopic (exact) mass is 359 g/mol. The van der Waals surface area contributed by atoms with Gasteiger partial charge in [-0.15, -0.1) is 0 Å². The van der Waals surface area contributed by atoms with Gasteiger partial charge in [0.15, 0.2) is 0 Å². The zero-order chi connectivity index (χ0) is 18.9. The third-order valence-electron chi connectivity index (χ3n) is 4.46. The fraction of sp³-hybridized carbons (Fsp3) is 0.217. The van der Waals surface area contributed by atoms with Crippen molar-refractivity contribution in [3.8, 4) is 0 Å². The van der Waals surface area contributed by atoms with E-state index in [1.54, 1.807) is 6.20 Å². The molecule has 1 heterocycles. The molecule has 138 valence electrons. The summed E-state index contributed by atoms with van der Waals surface area (Å²) in [5, 5.41) is 5.17. The Morgan fingerprint density at radius 3 is 2.81 bits per heavy atom. The first-order valence-electron chi connectivity index (χ1n) is 9.21. The van der Waals surface area contributed by atoms with E-state index < -0.39 is 0 Å². The molecule has 2 aromatic carbocycles. The number of rotatable bonds is 8. The minimum Gasteiger partial charge on any atom is -0.355 e. The van der Waals surface area contributed by atoms with Gasteiger partial charge in [-0.25, -0.2) is 0 Å². The zero-order valence-electron chi connectivity index (χ0n) is 15.6. The summed E-state index contributed by atoms with van der Waals surface area (Å²) in [6, 6.07) is 18.2. The SMILES string of the molecule is CN(C/C=C/c1ccccc1)CCNC(=O)Cc1cccc2cnccc12. The minimum absolute atomic E-state index is 0.0486. The number of amides is 1. The molecule has 0 aliphatic heterocycles. The van der Waals surface area contributed by atoms with E-state index >= 15 is 0 Å². The molecule has 4 nitrogen and oxygen atoms in total. The van der Waals surface area contributed by atoms with Crippen molar-refractivity contribution in [3.63, 3.8) is 0 Å². The van der Waals surface area contributed by atoms with E-state index in [0.29, 0.717) is 13.0 Å². The maximum Gasteiger partial charge on any atom is 0.224 e. The van der Waals surface area contributed by atoms with Gasteiger partial charge in [-0.05, 0) is 29.6 Å². The molecule has 0 unspecified atom stereocenters. The highest BCUT2D eigenvalue weighted by Gasteiger charge is 2.07. The van der Waals surface area contributed by atoms with Crippen LogP contribution in [-0.2, 0) is 11.2 Å². The largest absolute Gasteiger partial charge is 0.355 e. The van der Waals surface area contributed by atoms with Crippen molar-refractivity contribution in [1.82, 2.24) is 15.2 Å². The van der Waals surface area contributed by atoms with Crippen molar-refractivity contribution in [1.29, 1.82) is 0 Å². The van der Waals surface area contributed by atoms with Gasteiger partial charge < -0.3 is 10.2 Å². The molecule has 0 atom stereocenters. The van der Waals surface area contributed by atoms with E-state index in [1.807, 2.05) is 48.7 Å². The first-order valence-corrected chi connectivity index (χ1v) is 9.21. The maximum atomic E-state index is 12.3. The van der Waals surface area contributed by atoms with Crippen LogP contribution in [0.4, 0.5) is 0 Å². The lowest BCUT2D eigenvalue weighted by Crippen LogP contribution is -2.33. The van der Waals surface area contributed by atoms with Crippen LogP contribution in [0, 0.1) is 0 Å². The number of pyridine rings is 1. The maximum absolute atomic E-state index is 12.3. The lowest BCUT2D eigenvalue weighted by Gasteiger charge is -2.15. The van der Waals surface area contributed by atoms with Crippen LogP contribution in [0.2, 0.25) is 0 Å². The average molecular weight is 359 g/mol. The smallest absolute Gasteiger partial charge is 0.224 e. The van der Waals surface area contributed by atoms with Crippen LogP contribution >= 0.6 is 0 Å². The molecule has 0 aliphatic rings. The lowest BCUT2D eigenvalue weighted by atomic mass is 10.0. The second-order valence-electron chi connectivity index (χ2n) is 6.62. The van der Waals surface area contributed by atoms with Gasteiger partial charge in [-0.2, -0.15) is 0 Å². The van der Waals surface area contributed by atoms with Crippen LogP contribution in [-0.4, -0.2) is 42.5 Å². The van der Waals surface area contributed by atoms with Crippen LogP contribution < -0.4 is 5.32 Å². The lowest BCUT2D eigenvalue weighted by molar-refractivity contribution is -0.120. The van der Waals surface area contributed by atoms with Crippen LogP contribution in [0.3, 0.4) is 0 Å². The summed E-state index contributed by atoms with van der Waals surface area (Å²) in [5.41, 5.74) is 2.23. The molecule has 0 saturated heterocycles. The molecule has 3 rings (SSSR count). The van der Waals surface area contributed by atoms with Gasteiger partial charge in [0.2, 0.25) is 5.91 Å². The van der Waals surface area contributed by atoms with Gasteiger partial charge in [0, 0.05) is 37.4 Å². The average Bonchev–Trinajstić information content (AvgIpc) is 2.69. The Morgan fingerprint density at radius 2 is 1.96 bits per heavy atom. The number of nitrogens with zero attached hydrogens (tertiary/aromatic N) is 2. The summed E-state index contributed by atoms with van der Waals surface area (Å²) in [4.78, 5) is 18.6. The van der Waals surface area contributed by atoms with Gasteiger partial charge in [0.1, 0.15) is 0 Å². The molecule has 27 heavy (non-hydrogen) atoms. The Kier molecular flexibility index (Phi) is 6.72. The molecule has 1 amide bonds. The number of benzene rings is 2. The van der Waals surface area contributed by atoms with Gasteiger partial charge in [0.25, 0.3) is 0 Å². The zero-order valence-corrected chi connectivity index (χ0v) is 15.6. The molecular formula is C23H25N3O. The summed E-state index contributed by atoms with van der Waals surface area (Å²) >= 11 is 0. The number of likely N-dealkylation sites (N-methyl/N-ethyl adjacent to an activating group) is 1. The molecule has 1 N–H and O–H groups in total. The molecule has 0 saturated carbocycles. The summed E-state index contributed by atoms with van der Waals surface area (Å²) in [7, 11) is 2.05. The molecule has 1 aromatic heterocycles. The van der Waals surface area contributed by atoms with Crippen LogP contribution in [0.1, 0.15) is 11.1 Å². The number of aromatic nitrogens is 1. The van der Waals surface area contributed by atoms with Gasteiger partial charge >= 0.3 is 0 Å². The van der Waals surface area contributed by atoms with Crippen LogP contribution in [0.15, 0.2) is 73.1 Å². The van der Waals surface area contributed by atoms with Crippen molar-refractivity contribution in [3.05, 3.63) is 84.2 Å². The van der Waals surface area contributed by atoms with Crippen molar-refractivity contribution in [2.45, 2.75) is 6.42 Å². The van der Waals surface area contributed by atoms with Crippen molar-refractivity contribution >= 4 is 22.8 Å². The van der Waals surface area contributed by atoms with E-state index in [2.05, 4.69) is 46.5 Å². The number of carbonyl (C=O) groups is 1. The second-order valence-corrected chi connectivity index (χ2v) is 6.62. The first kappa shape index (κ1) is 18.8. The summed E-state index contributed by atoms with van der Waals surface area (Å²) < 4.78 is 0. The molecule has 0 bridgehead atoms. The van der Waals surface area contributed by atoms with Crippen molar-refractivity contribution in [2.75, 3.05) is 26.7 Å². The quantitative estimate of drug-likeness (QED) is 0.669. The molecular weight excluding hydrogens is 334 g/mol. The Hall–Kier alpha value is -2.98. The van der Waals surface area contributed by atoms with Gasteiger partial charge in [-0.1, -0.05) is 60.7 Å². The summed E-state index contributed by atoms with van der Waals surface area (Å²) in [6.45, 7) is 2.30. The molecule has 0 radical (unpaired) electrons. The van der Waals surface area contributed by atoms with Crippen LogP contribution in [0.25, 0.3) is 16.8 Å². The van der Waals surface area contributed by atoms with Gasteiger partial charge in [-0.3, -0.25) is 9.78 Å². The van der Waals surface area contributed by atoms with E-state index in [0.717, 1.165) is 29.4 Å². The number of carbonyl (C=O) groups excluding carboxylic acids is 1. The van der Waals surface area contributed by atoms with Gasteiger partial charge in [0.05, 0.1) is 6.42 Å². The topological polar surface area (TPSA) is 45.2 Å². The Balaban J connectivity index is 1.42. The van der Waals surface area contributed by atoms with E-state index in [1.165, 1.54) is 5.56 Å². The first-order chi connectivity index (χ1) is 13.2. The fourth-order valence-corrected chi connectivity index (χ4v) is 2.99. The molecule has 0 fully saturated rings. The fourth-order valence-electron chi connectivity index (χ4n) is 2.99. The number of hydrogen-bond donors (Lipinski definition) is 1. The molecule has 3 aromatic rings. The summed E-state index contributed by atoms with van der Waals surface area (Å²) in [5.74, 6) is 0.0486. The molecule has 4 heteroatoms. The van der Waals surface area contributed by atoms with Crippen molar-refractivity contribution in [2.24, 2.45) is 0 Å². The highest BCUT2D eigenvalue weighted by atomic mass is 16.1. The number of fused-ring (bicyclic) bond motifs is 1. The second kappa shape index (κ2) is 9.64. The Labute approximate surface area is 160 Å².